The van der Waals surface area contributed by atoms with Crippen LogP contribution in [0.4, 0.5) is 5.69 Å². The van der Waals surface area contributed by atoms with Crippen LogP contribution in [0.2, 0.25) is 0 Å². The first kappa shape index (κ1) is 27.6. The summed E-state index contributed by atoms with van der Waals surface area (Å²) >= 11 is 0. The zero-order valence-corrected chi connectivity index (χ0v) is 21.3. The first-order valence-corrected chi connectivity index (χ1v) is 14.0. The summed E-state index contributed by atoms with van der Waals surface area (Å²) in [5, 5.41) is 5.33. The normalized spacial score (nSPS) is 11.1. The summed E-state index contributed by atoms with van der Waals surface area (Å²) in [6, 6.07) is 11.8. The highest BCUT2D eigenvalue weighted by Crippen LogP contribution is 2.35. The molecule has 0 bridgehead atoms. The number of anilines is 1. The lowest BCUT2D eigenvalue weighted by molar-refractivity contribution is -0.111. The highest BCUT2D eigenvalue weighted by Gasteiger charge is 2.20. The topological polar surface area (TPSA) is 103 Å². The van der Waals surface area contributed by atoms with E-state index in [1.165, 1.54) is 19.2 Å². The number of carbonyl (C=O) groups is 3. The van der Waals surface area contributed by atoms with Gasteiger partial charge in [0, 0.05) is 30.0 Å². The first-order chi connectivity index (χ1) is 16.6. The van der Waals surface area contributed by atoms with Gasteiger partial charge in [0.15, 0.2) is 11.5 Å². The Morgan fingerprint density at radius 3 is 2.37 bits per heavy atom. The van der Waals surface area contributed by atoms with Crippen molar-refractivity contribution in [1.29, 1.82) is 0 Å². The Bertz CT molecular complexity index is 1070. The van der Waals surface area contributed by atoms with E-state index in [9.17, 15) is 14.4 Å². The second kappa shape index (κ2) is 13.3. The van der Waals surface area contributed by atoms with Crippen LogP contribution in [0.5, 0.6) is 11.5 Å². The average molecular weight is 501 g/mol. The van der Waals surface area contributed by atoms with E-state index in [-0.39, 0.29) is 30.4 Å². The molecule has 2 aromatic rings. The number of rotatable bonds is 12. The van der Waals surface area contributed by atoms with Gasteiger partial charge in [0.1, 0.15) is 0 Å². The maximum Gasteiger partial charge on any atom is 0.340 e. The lowest BCUT2D eigenvalue weighted by Gasteiger charge is -2.24. The molecule has 0 heterocycles. The summed E-state index contributed by atoms with van der Waals surface area (Å²) in [5.74, 6) is 1.83. The molecule has 0 fully saturated rings. The van der Waals surface area contributed by atoms with Crippen LogP contribution in [-0.2, 0) is 9.53 Å². The minimum Gasteiger partial charge on any atom is -0.493 e. The quantitative estimate of drug-likeness (QED) is 0.263. The van der Waals surface area contributed by atoms with Crippen LogP contribution in [0.1, 0.15) is 27.1 Å². The largest absolute Gasteiger partial charge is 0.493 e. The van der Waals surface area contributed by atoms with Gasteiger partial charge < -0.3 is 24.8 Å². The van der Waals surface area contributed by atoms with Crippen LogP contribution >= 0.6 is 10.0 Å². The van der Waals surface area contributed by atoms with Crippen LogP contribution < -0.4 is 20.1 Å². The Labute approximate surface area is 208 Å². The molecule has 0 atom stereocenters. The number of esters is 1. The third-order valence-corrected chi connectivity index (χ3v) is 6.12. The lowest BCUT2D eigenvalue weighted by Crippen LogP contribution is -2.25. The van der Waals surface area contributed by atoms with E-state index in [0.717, 1.165) is 5.75 Å². The van der Waals surface area contributed by atoms with E-state index >= 15 is 0 Å². The molecular weight excluding hydrogens is 468 g/mol. The van der Waals surface area contributed by atoms with Gasteiger partial charge in [-0.15, -0.1) is 6.42 Å². The summed E-state index contributed by atoms with van der Waals surface area (Å²) < 4.78 is 16.6. The number of terminal acetylenes is 1. The van der Waals surface area contributed by atoms with Gasteiger partial charge in [-0.25, -0.2) is 14.8 Å². The number of ether oxygens (including phenoxy) is 3. The van der Waals surface area contributed by atoms with Gasteiger partial charge in [0.25, 0.3) is 11.8 Å². The number of benzene rings is 2. The minimum absolute atomic E-state index is 0.102. The summed E-state index contributed by atoms with van der Waals surface area (Å²) in [6.07, 6.45) is 12.1. The molecule has 2 aromatic carbocycles. The molecule has 0 aliphatic rings. The van der Waals surface area contributed by atoms with Crippen molar-refractivity contribution < 1.29 is 28.6 Å². The first-order valence-electron chi connectivity index (χ1n) is 10.9. The fraction of sp³-hybridized carbons (Fsp3) is 0.346. The molecule has 9 heteroatoms. The summed E-state index contributed by atoms with van der Waals surface area (Å²) in [7, 11) is 0.600. The molecule has 2 rings (SSSR count). The van der Waals surface area contributed by atoms with E-state index < -0.39 is 21.9 Å². The maximum absolute atomic E-state index is 12.8. The summed E-state index contributed by atoms with van der Waals surface area (Å²) in [6.45, 7) is 0.906. The standard InChI is InChI=1S/C26H32N2O6S/c1-6-24(29)28-21-18-22(32-2)23(17-20(21)26(31)34-15-16-35(3,4)5)33-14-10-13-27-25(30)19-11-8-7-9-12-19/h1,7-9,11-12,17-18H,10,13-16H2,2-5H3,(H,27,30)(H,28,29). The summed E-state index contributed by atoms with van der Waals surface area (Å²) in [5.41, 5.74) is 0.849. The average Bonchev–Trinajstić information content (AvgIpc) is 2.83. The molecule has 0 spiro atoms. The predicted molar refractivity (Wildman–Crippen MR) is 140 cm³/mol. The molecule has 8 nitrogen and oxygen atoms in total. The second-order valence-electron chi connectivity index (χ2n) is 8.40. The Morgan fingerprint density at radius 2 is 1.74 bits per heavy atom. The number of hydrogen-bond donors (Lipinski definition) is 2. The van der Waals surface area contributed by atoms with Crippen LogP contribution in [0.3, 0.4) is 0 Å². The van der Waals surface area contributed by atoms with Crippen molar-refractivity contribution in [3.63, 3.8) is 0 Å². The molecular formula is C26H32N2O6S. The van der Waals surface area contributed by atoms with Gasteiger partial charge in [-0.2, -0.15) is 0 Å². The highest BCUT2D eigenvalue weighted by molar-refractivity contribution is 8.32. The van der Waals surface area contributed by atoms with Crippen LogP contribution in [-0.4, -0.2) is 69.2 Å². The van der Waals surface area contributed by atoms with Gasteiger partial charge in [-0.1, -0.05) is 18.2 Å². The fourth-order valence-corrected chi connectivity index (χ4v) is 3.46. The van der Waals surface area contributed by atoms with Crippen LogP contribution in [0.25, 0.3) is 0 Å². The van der Waals surface area contributed by atoms with Crippen molar-refractivity contribution >= 4 is 33.5 Å². The second-order valence-corrected chi connectivity index (χ2v) is 13.0. The molecule has 0 aliphatic heterocycles. The maximum atomic E-state index is 12.8. The van der Waals surface area contributed by atoms with E-state index in [0.29, 0.717) is 30.0 Å². The number of amides is 2. The van der Waals surface area contributed by atoms with Gasteiger partial charge in [-0.05, 0) is 43.2 Å². The SMILES string of the molecule is C#CC(=O)Nc1cc(OC)c(OCCCNC(=O)c2ccccc2)cc1C(=O)OCCS(C)(C)C. The molecule has 2 N–H and O–H groups in total. The van der Waals surface area contributed by atoms with Crippen LogP contribution in [0.15, 0.2) is 42.5 Å². The zero-order valence-electron chi connectivity index (χ0n) is 20.5. The van der Waals surface area contributed by atoms with Crippen molar-refractivity contribution in [2.24, 2.45) is 0 Å². The van der Waals surface area contributed by atoms with Crippen molar-refractivity contribution in [3.05, 3.63) is 53.6 Å². The molecule has 0 saturated carbocycles. The van der Waals surface area contributed by atoms with E-state index in [4.69, 9.17) is 20.6 Å². The highest BCUT2D eigenvalue weighted by atomic mass is 32.3. The number of methoxy groups -OCH3 is 1. The van der Waals surface area contributed by atoms with E-state index in [1.807, 2.05) is 12.0 Å². The van der Waals surface area contributed by atoms with Crippen LogP contribution in [0, 0.1) is 12.3 Å². The van der Waals surface area contributed by atoms with E-state index in [1.54, 1.807) is 24.3 Å². The van der Waals surface area contributed by atoms with Gasteiger partial charge in [0.2, 0.25) is 0 Å². The fourth-order valence-electron chi connectivity index (χ4n) is 2.87. The van der Waals surface area contributed by atoms with E-state index in [2.05, 4.69) is 29.4 Å². The molecule has 0 radical (unpaired) electrons. The monoisotopic (exact) mass is 500 g/mol. The Balaban J connectivity index is 2.07. The summed E-state index contributed by atoms with van der Waals surface area (Å²) in [4.78, 5) is 36.7. The van der Waals surface area contributed by atoms with Crippen molar-refractivity contribution in [1.82, 2.24) is 5.32 Å². The predicted octanol–water partition coefficient (Wildman–Crippen LogP) is 3.32. The molecule has 0 unspecified atom stereocenters. The minimum atomic E-state index is -0.843. The lowest BCUT2D eigenvalue weighted by atomic mass is 10.1. The zero-order chi connectivity index (χ0) is 25.8. The third kappa shape index (κ3) is 9.26. The number of hydrogen-bond acceptors (Lipinski definition) is 6. The smallest absolute Gasteiger partial charge is 0.340 e. The Hall–Kier alpha value is -3.64. The Morgan fingerprint density at radius 1 is 1.03 bits per heavy atom. The van der Waals surface area contributed by atoms with Gasteiger partial charge >= 0.3 is 5.97 Å². The van der Waals surface area contributed by atoms with Gasteiger partial charge in [0.05, 0.1) is 31.6 Å². The number of carbonyl (C=O) groups excluding carboxylic acids is 3. The third-order valence-electron chi connectivity index (χ3n) is 4.73. The van der Waals surface area contributed by atoms with Crippen molar-refractivity contribution in [3.8, 4) is 23.8 Å². The van der Waals surface area contributed by atoms with Gasteiger partial charge in [-0.3, -0.25) is 9.59 Å². The van der Waals surface area contributed by atoms with Crippen molar-refractivity contribution in [2.45, 2.75) is 6.42 Å². The molecule has 0 saturated heterocycles. The molecule has 188 valence electrons. The Kier molecular flexibility index (Phi) is 10.5. The molecule has 35 heavy (non-hydrogen) atoms. The van der Waals surface area contributed by atoms with Crippen molar-refractivity contribution in [2.75, 3.05) is 56.7 Å². The molecule has 0 aromatic heterocycles. The molecule has 2 amide bonds. The molecule has 0 aliphatic carbocycles. The number of nitrogens with one attached hydrogen (secondary N) is 2.